The molecule has 3 nitrogen and oxygen atoms in total. The van der Waals surface area contributed by atoms with Gasteiger partial charge in [0, 0.05) is 5.69 Å². The van der Waals surface area contributed by atoms with Crippen molar-refractivity contribution in [2.75, 3.05) is 5.32 Å². The molecule has 1 N–H and O–H groups in total. The largest absolute Gasteiger partial charge is 0.478 e. The second kappa shape index (κ2) is 6.88. The van der Waals surface area contributed by atoms with Gasteiger partial charge in [0.25, 0.3) is 5.91 Å². The summed E-state index contributed by atoms with van der Waals surface area (Å²) in [6, 6.07) is 13.6. The highest BCUT2D eigenvalue weighted by Crippen LogP contribution is 2.18. The molecule has 1 unspecified atom stereocenters. The van der Waals surface area contributed by atoms with Crippen LogP contribution < -0.4 is 10.1 Å². The van der Waals surface area contributed by atoms with Gasteiger partial charge in [-0.1, -0.05) is 31.2 Å². The van der Waals surface area contributed by atoms with E-state index >= 15 is 0 Å². The first-order chi connectivity index (χ1) is 10.1. The van der Waals surface area contributed by atoms with Gasteiger partial charge in [-0.05, 0) is 43.2 Å². The molecule has 2 aromatic carbocycles. The molecular weight excluding hydrogens is 269 g/mol. The monoisotopic (exact) mass is 287 g/mol. The molecule has 0 bridgehead atoms. The number of hydrogen-bond donors (Lipinski definition) is 1. The van der Waals surface area contributed by atoms with Crippen LogP contribution in [0.15, 0.2) is 48.5 Å². The molecule has 2 aromatic rings. The lowest BCUT2D eigenvalue weighted by atomic mass is 10.1. The SMILES string of the molecule is CCc1ccc(NC(=O)C(C)Oc2ccccc2F)cc1. The first kappa shape index (κ1) is 15.0. The minimum absolute atomic E-state index is 0.0708. The van der Waals surface area contributed by atoms with E-state index in [1.165, 1.54) is 17.7 Å². The van der Waals surface area contributed by atoms with Gasteiger partial charge in [0.15, 0.2) is 17.7 Å². The molecule has 0 spiro atoms. The molecule has 0 heterocycles. The number of carbonyl (C=O) groups is 1. The van der Waals surface area contributed by atoms with E-state index < -0.39 is 11.9 Å². The van der Waals surface area contributed by atoms with Crippen LogP contribution in [0.4, 0.5) is 10.1 Å². The smallest absolute Gasteiger partial charge is 0.265 e. The Balaban J connectivity index is 1.97. The number of hydrogen-bond acceptors (Lipinski definition) is 2. The zero-order chi connectivity index (χ0) is 15.2. The van der Waals surface area contributed by atoms with Gasteiger partial charge in [-0.2, -0.15) is 0 Å². The number of aryl methyl sites for hydroxylation is 1. The quantitative estimate of drug-likeness (QED) is 0.908. The second-order valence-electron chi connectivity index (χ2n) is 4.73. The number of para-hydroxylation sites is 1. The molecule has 0 aromatic heterocycles. The van der Waals surface area contributed by atoms with Gasteiger partial charge >= 0.3 is 0 Å². The van der Waals surface area contributed by atoms with Gasteiger partial charge in [-0.15, -0.1) is 0 Å². The standard InChI is InChI=1S/C17H18FNO2/c1-3-13-8-10-14(11-9-13)19-17(20)12(2)21-16-7-5-4-6-15(16)18/h4-12H,3H2,1-2H3,(H,19,20). The maximum absolute atomic E-state index is 13.5. The summed E-state index contributed by atoms with van der Waals surface area (Å²) >= 11 is 0. The minimum atomic E-state index is -0.784. The number of rotatable bonds is 5. The van der Waals surface area contributed by atoms with Gasteiger partial charge in [0.1, 0.15) is 0 Å². The lowest BCUT2D eigenvalue weighted by Gasteiger charge is -2.15. The molecule has 110 valence electrons. The molecule has 21 heavy (non-hydrogen) atoms. The fraction of sp³-hybridized carbons (Fsp3) is 0.235. The van der Waals surface area contributed by atoms with Gasteiger partial charge in [0.2, 0.25) is 0 Å². The van der Waals surface area contributed by atoms with Crippen LogP contribution in [0, 0.1) is 5.82 Å². The summed E-state index contributed by atoms with van der Waals surface area (Å²) in [7, 11) is 0. The topological polar surface area (TPSA) is 38.3 Å². The molecule has 0 saturated heterocycles. The Bertz CT molecular complexity index is 610. The Morgan fingerprint density at radius 2 is 1.86 bits per heavy atom. The van der Waals surface area contributed by atoms with Crippen molar-refractivity contribution in [3.63, 3.8) is 0 Å². The van der Waals surface area contributed by atoms with Crippen molar-refractivity contribution < 1.29 is 13.9 Å². The van der Waals surface area contributed by atoms with Crippen molar-refractivity contribution in [2.24, 2.45) is 0 Å². The van der Waals surface area contributed by atoms with Crippen LogP contribution in [0.2, 0.25) is 0 Å². The minimum Gasteiger partial charge on any atom is -0.478 e. The third kappa shape index (κ3) is 4.05. The zero-order valence-electron chi connectivity index (χ0n) is 12.1. The number of amides is 1. The number of anilines is 1. The van der Waals surface area contributed by atoms with Crippen molar-refractivity contribution in [2.45, 2.75) is 26.4 Å². The van der Waals surface area contributed by atoms with Crippen LogP contribution in [0.5, 0.6) is 5.75 Å². The lowest BCUT2D eigenvalue weighted by molar-refractivity contribution is -0.122. The summed E-state index contributed by atoms with van der Waals surface area (Å²) in [6.07, 6.45) is 0.161. The highest BCUT2D eigenvalue weighted by atomic mass is 19.1. The van der Waals surface area contributed by atoms with Crippen molar-refractivity contribution >= 4 is 11.6 Å². The summed E-state index contributed by atoms with van der Waals surface area (Å²) in [5, 5.41) is 2.75. The van der Waals surface area contributed by atoms with E-state index in [1.54, 1.807) is 19.1 Å². The fourth-order valence-corrected chi connectivity index (χ4v) is 1.85. The average Bonchev–Trinajstić information content (AvgIpc) is 2.50. The maximum Gasteiger partial charge on any atom is 0.265 e. The molecule has 0 aliphatic heterocycles. The highest BCUT2D eigenvalue weighted by molar-refractivity contribution is 5.94. The third-order valence-corrected chi connectivity index (χ3v) is 3.14. The summed E-state index contributed by atoms with van der Waals surface area (Å²) in [5.74, 6) is -0.728. The number of nitrogens with one attached hydrogen (secondary N) is 1. The van der Waals surface area contributed by atoms with Gasteiger partial charge in [-0.25, -0.2) is 4.39 Å². The summed E-state index contributed by atoms with van der Waals surface area (Å²) < 4.78 is 18.8. The normalized spacial score (nSPS) is 11.8. The van der Waals surface area contributed by atoms with E-state index in [0.717, 1.165) is 6.42 Å². The molecule has 0 aliphatic carbocycles. The van der Waals surface area contributed by atoms with Crippen molar-refractivity contribution in [1.29, 1.82) is 0 Å². The van der Waals surface area contributed by atoms with Crippen LogP contribution in [-0.4, -0.2) is 12.0 Å². The van der Waals surface area contributed by atoms with Crippen LogP contribution >= 0.6 is 0 Å². The zero-order valence-corrected chi connectivity index (χ0v) is 12.1. The van der Waals surface area contributed by atoms with E-state index in [4.69, 9.17) is 4.74 Å². The molecule has 0 fully saturated rings. The van der Waals surface area contributed by atoms with Crippen molar-refractivity contribution in [3.05, 3.63) is 59.9 Å². The van der Waals surface area contributed by atoms with Crippen LogP contribution in [0.1, 0.15) is 19.4 Å². The molecular formula is C17H18FNO2. The molecule has 2 rings (SSSR count). The molecule has 4 heteroatoms. The molecule has 1 atom stereocenters. The average molecular weight is 287 g/mol. The highest BCUT2D eigenvalue weighted by Gasteiger charge is 2.16. The van der Waals surface area contributed by atoms with Gasteiger partial charge < -0.3 is 10.1 Å². The molecule has 0 saturated carbocycles. The Hall–Kier alpha value is -2.36. The van der Waals surface area contributed by atoms with Crippen LogP contribution in [0.25, 0.3) is 0 Å². The third-order valence-electron chi connectivity index (χ3n) is 3.14. The van der Waals surface area contributed by atoms with Gasteiger partial charge in [0.05, 0.1) is 0 Å². The lowest BCUT2D eigenvalue weighted by Crippen LogP contribution is -2.30. The van der Waals surface area contributed by atoms with Crippen molar-refractivity contribution in [3.8, 4) is 5.75 Å². The van der Waals surface area contributed by atoms with Gasteiger partial charge in [-0.3, -0.25) is 4.79 Å². The summed E-state index contributed by atoms with van der Waals surface area (Å²) in [5.41, 5.74) is 1.89. The second-order valence-corrected chi connectivity index (χ2v) is 4.73. The van der Waals surface area contributed by atoms with E-state index in [1.807, 2.05) is 24.3 Å². The van der Waals surface area contributed by atoms with Crippen LogP contribution in [-0.2, 0) is 11.2 Å². The predicted octanol–water partition coefficient (Wildman–Crippen LogP) is 3.79. The molecule has 1 amide bonds. The first-order valence-corrected chi connectivity index (χ1v) is 6.91. The van der Waals surface area contributed by atoms with E-state index in [0.29, 0.717) is 5.69 Å². The number of benzene rings is 2. The number of ether oxygens (including phenoxy) is 1. The van der Waals surface area contributed by atoms with Crippen LogP contribution in [0.3, 0.4) is 0 Å². The number of carbonyl (C=O) groups excluding carboxylic acids is 1. The Morgan fingerprint density at radius 3 is 2.48 bits per heavy atom. The first-order valence-electron chi connectivity index (χ1n) is 6.91. The summed E-state index contributed by atoms with van der Waals surface area (Å²) in [4.78, 5) is 12.0. The Labute approximate surface area is 123 Å². The van der Waals surface area contributed by atoms with E-state index in [9.17, 15) is 9.18 Å². The van der Waals surface area contributed by atoms with E-state index in [2.05, 4.69) is 12.2 Å². The maximum atomic E-state index is 13.5. The van der Waals surface area contributed by atoms with Crippen molar-refractivity contribution in [1.82, 2.24) is 0 Å². The summed E-state index contributed by atoms with van der Waals surface area (Å²) in [6.45, 7) is 3.65. The fourth-order valence-electron chi connectivity index (χ4n) is 1.85. The molecule has 0 aliphatic rings. The Kier molecular flexibility index (Phi) is 4.93. The molecule has 0 radical (unpaired) electrons. The Morgan fingerprint density at radius 1 is 1.19 bits per heavy atom. The predicted molar refractivity (Wildman–Crippen MR) is 80.9 cm³/mol. The van der Waals surface area contributed by atoms with E-state index in [-0.39, 0.29) is 11.7 Å². The number of halogens is 1.